The molecule has 0 N–H and O–H groups in total. The molecule has 4 heteroatoms. The van der Waals surface area contributed by atoms with Crippen LogP contribution in [0.3, 0.4) is 0 Å². The van der Waals surface area contributed by atoms with Crippen LogP contribution in [0.4, 0.5) is 5.13 Å². The van der Waals surface area contributed by atoms with Crippen LogP contribution in [0.5, 0.6) is 0 Å². The van der Waals surface area contributed by atoms with Crippen LogP contribution in [0.15, 0.2) is 6.20 Å². The minimum absolute atomic E-state index is 0.517. The predicted octanol–water partition coefficient (Wildman–Crippen LogP) is 3.61. The zero-order valence-electron chi connectivity index (χ0n) is 11.1. The molecule has 0 saturated carbocycles. The SMILES string of the molecule is CCC(CC)N(CC(C)C)c1ncc(C=O)s1. The minimum atomic E-state index is 0.517. The fourth-order valence-electron chi connectivity index (χ4n) is 1.97. The number of anilines is 1. The van der Waals surface area contributed by atoms with Gasteiger partial charge in [0.25, 0.3) is 0 Å². The van der Waals surface area contributed by atoms with E-state index >= 15 is 0 Å². The summed E-state index contributed by atoms with van der Waals surface area (Å²) in [4.78, 5) is 18.2. The van der Waals surface area contributed by atoms with Crippen LogP contribution in [0.1, 0.15) is 50.2 Å². The highest BCUT2D eigenvalue weighted by Gasteiger charge is 2.19. The standard InChI is InChI=1S/C13H22N2OS/c1-5-11(6-2)15(8-10(3)4)13-14-7-12(9-16)17-13/h7,9-11H,5-6,8H2,1-4H3. The van der Waals surface area contributed by atoms with Crippen molar-refractivity contribution in [2.24, 2.45) is 5.92 Å². The number of hydrogen-bond donors (Lipinski definition) is 0. The van der Waals surface area contributed by atoms with Crippen molar-refractivity contribution in [1.29, 1.82) is 0 Å². The van der Waals surface area contributed by atoms with Gasteiger partial charge in [-0.15, -0.1) is 0 Å². The average Bonchev–Trinajstić information content (AvgIpc) is 2.77. The normalized spacial score (nSPS) is 11.2. The van der Waals surface area contributed by atoms with Gasteiger partial charge in [0.15, 0.2) is 11.4 Å². The van der Waals surface area contributed by atoms with Crippen molar-refractivity contribution >= 4 is 22.8 Å². The molecule has 1 rings (SSSR count). The van der Waals surface area contributed by atoms with Crippen LogP contribution in [0.2, 0.25) is 0 Å². The van der Waals surface area contributed by atoms with E-state index in [2.05, 4.69) is 37.6 Å². The maximum atomic E-state index is 10.7. The van der Waals surface area contributed by atoms with Gasteiger partial charge in [-0.2, -0.15) is 0 Å². The van der Waals surface area contributed by atoms with Crippen LogP contribution < -0.4 is 4.90 Å². The van der Waals surface area contributed by atoms with Crippen LogP contribution in [-0.4, -0.2) is 23.9 Å². The van der Waals surface area contributed by atoms with E-state index in [9.17, 15) is 4.79 Å². The van der Waals surface area contributed by atoms with Crippen molar-refractivity contribution in [1.82, 2.24) is 4.98 Å². The molecule has 1 heterocycles. The smallest absolute Gasteiger partial charge is 0.186 e. The Labute approximate surface area is 108 Å². The van der Waals surface area contributed by atoms with Gasteiger partial charge in [-0.3, -0.25) is 4.79 Å². The van der Waals surface area contributed by atoms with Gasteiger partial charge in [0, 0.05) is 12.6 Å². The molecule has 1 aromatic rings. The zero-order valence-corrected chi connectivity index (χ0v) is 12.0. The van der Waals surface area contributed by atoms with Gasteiger partial charge in [0.1, 0.15) is 0 Å². The fraction of sp³-hybridized carbons (Fsp3) is 0.692. The third kappa shape index (κ3) is 3.80. The summed E-state index contributed by atoms with van der Waals surface area (Å²) in [7, 11) is 0. The second-order valence-electron chi connectivity index (χ2n) is 4.68. The Morgan fingerprint density at radius 2 is 2.06 bits per heavy atom. The van der Waals surface area contributed by atoms with Crippen molar-refractivity contribution in [3.63, 3.8) is 0 Å². The van der Waals surface area contributed by atoms with Crippen LogP contribution in [0, 0.1) is 5.92 Å². The van der Waals surface area contributed by atoms with Crippen molar-refractivity contribution in [3.05, 3.63) is 11.1 Å². The molecule has 0 bridgehead atoms. The van der Waals surface area contributed by atoms with Crippen LogP contribution in [0.25, 0.3) is 0 Å². The van der Waals surface area contributed by atoms with Crippen molar-refractivity contribution in [3.8, 4) is 0 Å². The number of rotatable bonds is 7. The summed E-state index contributed by atoms with van der Waals surface area (Å²) in [6.07, 6.45) is 4.77. The first-order chi connectivity index (χ1) is 8.12. The molecule has 1 aromatic heterocycles. The lowest BCUT2D eigenvalue weighted by Crippen LogP contribution is -2.37. The molecule has 0 aliphatic heterocycles. The van der Waals surface area contributed by atoms with Gasteiger partial charge < -0.3 is 4.90 Å². The lowest BCUT2D eigenvalue weighted by Gasteiger charge is -2.31. The monoisotopic (exact) mass is 254 g/mol. The van der Waals surface area contributed by atoms with Crippen LogP contribution >= 0.6 is 11.3 Å². The van der Waals surface area contributed by atoms with E-state index in [0.717, 1.165) is 30.8 Å². The first-order valence-electron chi connectivity index (χ1n) is 6.29. The van der Waals surface area contributed by atoms with E-state index < -0.39 is 0 Å². The molecule has 0 amide bonds. The summed E-state index contributed by atoms with van der Waals surface area (Å²) in [5, 5.41) is 0.981. The highest BCUT2D eigenvalue weighted by molar-refractivity contribution is 7.17. The first-order valence-corrected chi connectivity index (χ1v) is 7.11. The molecule has 0 radical (unpaired) electrons. The third-order valence-corrected chi connectivity index (χ3v) is 3.78. The van der Waals surface area contributed by atoms with E-state index in [0.29, 0.717) is 16.8 Å². The van der Waals surface area contributed by atoms with Gasteiger partial charge in [-0.25, -0.2) is 4.98 Å². The molecule has 3 nitrogen and oxygen atoms in total. The Morgan fingerprint density at radius 1 is 1.41 bits per heavy atom. The molecule has 0 aliphatic carbocycles. The molecule has 0 saturated heterocycles. The Balaban J connectivity index is 2.91. The number of carbonyl (C=O) groups excluding carboxylic acids is 1. The molecule has 0 fully saturated rings. The number of hydrogen-bond acceptors (Lipinski definition) is 4. The van der Waals surface area contributed by atoms with Gasteiger partial charge in [0.2, 0.25) is 0 Å². The molecule has 96 valence electrons. The second kappa shape index (κ2) is 6.74. The van der Waals surface area contributed by atoms with E-state index in [1.807, 2.05) is 0 Å². The predicted molar refractivity (Wildman–Crippen MR) is 74.1 cm³/mol. The topological polar surface area (TPSA) is 33.2 Å². The molecular weight excluding hydrogens is 232 g/mol. The number of carbonyl (C=O) groups is 1. The zero-order chi connectivity index (χ0) is 12.8. The van der Waals surface area contributed by atoms with Crippen LogP contribution in [-0.2, 0) is 0 Å². The molecule has 0 aliphatic rings. The summed E-state index contributed by atoms with van der Waals surface area (Å²) in [6, 6.07) is 0.517. The van der Waals surface area contributed by atoms with Gasteiger partial charge in [-0.05, 0) is 18.8 Å². The summed E-state index contributed by atoms with van der Waals surface area (Å²) in [5.74, 6) is 0.596. The maximum absolute atomic E-state index is 10.7. The second-order valence-corrected chi connectivity index (χ2v) is 5.72. The maximum Gasteiger partial charge on any atom is 0.186 e. The van der Waals surface area contributed by atoms with E-state index in [4.69, 9.17) is 0 Å². The number of aldehydes is 1. The average molecular weight is 254 g/mol. The fourth-order valence-corrected chi connectivity index (χ4v) is 2.78. The lowest BCUT2D eigenvalue weighted by molar-refractivity contribution is 0.112. The largest absolute Gasteiger partial charge is 0.345 e. The first kappa shape index (κ1) is 14.2. The van der Waals surface area contributed by atoms with Crippen molar-refractivity contribution < 1.29 is 4.79 Å². The highest BCUT2D eigenvalue weighted by Crippen LogP contribution is 2.26. The summed E-state index contributed by atoms with van der Waals surface area (Å²) < 4.78 is 0. The van der Waals surface area contributed by atoms with Crippen molar-refractivity contribution in [2.45, 2.75) is 46.6 Å². The Hall–Kier alpha value is -0.900. The Kier molecular flexibility index (Phi) is 5.62. The summed E-state index contributed by atoms with van der Waals surface area (Å²) >= 11 is 1.49. The quantitative estimate of drug-likeness (QED) is 0.697. The Bertz CT molecular complexity index is 345. The van der Waals surface area contributed by atoms with Crippen molar-refractivity contribution in [2.75, 3.05) is 11.4 Å². The van der Waals surface area contributed by atoms with Gasteiger partial charge in [-0.1, -0.05) is 39.0 Å². The molecule has 0 spiro atoms. The van der Waals surface area contributed by atoms with Gasteiger partial charge >= 0.3 is 0 Å². The molecule has 0 unspecified atom stereocenters. The van der Waals surface area contributed by atoms with E-state index in [1.54, 1.807) is 6.20 Å². The minimum Gasteiger partial charge on any atom is -0.345 e. The lowest BCUT2D eigenvalue weighted by atomic mass is 10.1. The highest BCUT2D eigenvalue weighted by atomic mass is 32.1. The van der Waals surface area contributed by atoms with E-state index in [1.165, 1.54) is 11.3 Å². The van der Waals surface area contributed by atoms with Gasteiger partial charge in [0.05, 0.1) is 11.1 Å². The summed E-state index contributed by atoms with van der Waals surface area (Å²) in [6.45, 7) is 9.83. The Morgan fingerprint density at radius 3 is 2.47 bits per heavy atom. The number of aromatic nitrogens is 1. The number of thiazole rings is 1. The summed E-state index contributed by atoms with van der Waals surface area (Å²) in [5.41, 5.74) is 0. The molecule has 0 aromatic carbocycles. The molecule has 0 atom stereocenters. The molecule has 17 heavy (non-hydrogen) atoms. The molecular formula is C13H22N2OS. The number of nitrogens with zero attached hydrogens (tertiary/aromatic N) is 2. The third-order valence-electron chi connectivity index (χ3n) is 2.82. The van der Waals surface area contributed by atoms with E-state index in [-0.39, 0.29) is 0 Å².